The molecular weight excluding hydrogens is 232 g/mol. The minimum absolute atomic E-state index is 0.00683. The topological polar surface area (TPSA) is 101 Å². The van der Waals surface area contributed by atoms with Crippen molar-refractivity contribution in [3.63, 3.8) is 0 Å². The summed E-state index contributed by atoms with van der Waals surface area (Å²) >= 11 is 0. The Bertz CT molecular complexity index is 470. The van der Waals surface area contributed by atoms with Crippen LogP contribution in [0.4, 0.5) is 5.82 Å². The summed E-state index contributed by atoms with van der Waals surface area (Å²) in [6.45, 7) is 0.680. The molecule has 1 aliphatic rings. The van der Waals surface area contributed by atoms with E-state index in [1.54, 1.807) is 7.05 Å². The fourth-order valence-corrected chi connectivity index (χ4v) is 3.49. The number of imidazole rings is 1. The van der Waals surface area contributed by atoms with Crippen LogP contribution >= 0.6 is 0 Å². The lowest BCUT2D eigenvalue weighted by molar-refractivity contribution is 0.117. The molecule has 7 nitrogen and oxygen atoms in total. The highest BCUT2D eigenvalue weighted by molar-refractivity contribution is 7.89. The van der Waals surface area contributed by atoms with Crippen LogP contribution in [0.25, 0.3) is 0 Å². The van der Waals surface area contributed by atoms with E-state index in [-0.39, 0.29) is 23.4 Å². The molecule has 0 saturated carbocycles. The molecule has 0 aromatic carbocycles. The van der Waals surface area contributed by atoms with Gasteiger partial charge in [0.1, 0.15) is 0 Å². The first-order valence-electron chi connectivity index (χ1n) is 4.84. The van der Waals surface area contributed by atoms with Crippen molar-refractivity contribution < 1.29 is 13.5 Å². The molecule has 8 heteroatoms. The third-order valence-corrected chi connectivity index (χ3v) is 4.64. The predicted octanol–water partition coefficient (Wildman–Crippen LogP) is -1.38. The van der Waals surface area contributed by atoms with E-state index in [1.165, 1.54) is 15.2 Å². The van der Waals surface area contributed by atoms with Crippen LogP contribution in [0.5, 0.6) is 0 Å². The molecule has 0 aliphatic carbocycles. The van der Waals surface area contributed by atoms with Crippen molar-refractivity contribution in [3.05, 3.63) is 6.33 Å². The summed E-state index contributed by atoms with van der Waals surface area (Å²) in [7, 11) is -1.98. The third kappa shape index (κ3) is 1.58. The number of hydrogen-bond acceptors (Lipinski definition) is 5. The number of nitrogen functional groups attached to an aromatic ring is 1. The maximum absolute atomic E-state index is 12.1. The Balaban J connectivity index is 2.28. The Morgan fingerprint density at radius 1 is 1.62 bits per heavy atom. The fourth-order valence-electron chi connectivity index (χ4n) is 1.71. The van der Waals surface area contributed by atoms with E-state index in [9.17, 15) is 8.42 Å². The number of hydrogen-bond donors (Lipinski definition) is 2. The lowest BCUT2D eigenvalue weighted by Crippen LogP contribution is -2.51. The molecule has 0 unspecified atom stereocenters. The van der Waals surface area contributed by atoms with Crippen LogP contribution in [0.15, 0.2) is 11.4 Å². The molecule has 2 rings (SSSR count). The molecule has 1 aliphatic heterocycles. The number of aromatic nitrogens is 2. The van der Waals surface area contributed by atoms with Gasteiger partial charge in [-0.15, -0.1) is 0 Å². The molecule has 0 amide bonds. The third-order valence-electron chi connectivity index (χ3n) is 2.68. The second-order valence-corrected chi connectivity index (χ2v) is 5.77. The highest BCUT2D eigenvalue weighted by Gasteiger charge is 2.38. The molecule has 0 spiro atoms. The lowest BCUT2D eigenvalue weighted by Gasteiger charge is -2.36. The van der Waals surface area contributed by atoms with Gasteiger partial charge in [-0.1, -0.05) is 0 Å². The molecule has 2 heterocycles. The van der Waals surface area contributed by atoms with Crippen molar-refractivity contribution in [3.8, 4) is 0 Å². The number of anilines is 1. The van der Waals surface area contributed by atoms with Gasteiger partial charge in [-0.25, -0.2) is 13.4 Å². The van der Waals surface area contributed by atoms with Gasteiger partial charge >= 0.3 is 0 Å². The number of sulfonamides is 1. The van der Waals surface area contributed by atoms with E-state index in [0.717, 1.165) is 0 Å². The molecule has 0 atom stereocenters. The van der Waals surface area contributed by atoms with E-state index < -0.39 is 10.0 Å². The van der Waals surface area contributed by atoms with Crippen molar-refractivity contribution in [1.29, 1.82) is 0 Å². The minimum atomic E-state index is -3.57. The minimum Gasteiger partial charge on any atom is -0.396 e. The summed E-state index contributed by atoms with van der Waals surface area (Å²) in [6.07, 6.45) is 1.37. The van der Waals surface area contributed by atoms with Gasteiger partial charge in [-0.3, -0.25) is 0 Å². The number of rotatable bonds is 3. The molecular formula is C8H14N4O3S. The summed E-state index contributed by atoms with van der Waals surface area (Å²) in [5, 5.41) is 8.86. The quantitative estimate of drug-likeness (QED) is 0.684. The monoisotopic (exact) mass is 246 g/mol. The normalized spacial score (nSPS) is 18.6. The van der Waals surface area contributed by atoms with Crippen LogP contribution in [-0.2, 0) is 17.1 Å². The zero-order valence-electron chi connectivity index (χ0n) is 8.87. The average molecular weight is 246 g/mol. The first-order chi connectivity index (χ1) is 7.46. The zero-order chi connectivity index (χ0) is 11.9. The SMILES string of the molecule is Cn1cnc(N)c1S(=O)(=O)N1CC(CO)C1. The van der Waals surface area contributed by atoms with Crippen LogP contribution in [0.1, 0.15) is 0 Å². The van der Waals surface area contributed by atoms with Gasteiger partial charge in [0.15, 0.2) is 10.8 Å². The van der Waals surface area contributed by atoms with Gasteiger partial charge in [0.2, 0.25) is 0 Å². The van der Waals surface area contributed by atoms with Crippen LogP contribution in [0, 0.1) is 5.92 Å². The Morgan fingerprint density at radius 3 is 2.69 bits per heavy atom. The number of nitrogens with zero attached hydrogens (tertiary/aromatic N) is 3. The fraction of sp³-hybridized carbons (Fsp3) is 0.625. The number of aliphatic hydroxyl groups excluding tert-OH is 1. The molecule has 0 bridgehead atoms. The predicted molar refractivity (Wildman–Crippen MR) is 57.0 cm³/mol. The second kappa shape index (κ2) is 3.72. The van der Waals surface area contributed by atoms with Gasteiger partial charge in [0.05, 0.1) is 6.33 Å². The van der Waals surface area contributed by atoms with Crippen molar-refractivity contribution in [2.75, 3.05) is 25.4 Å². The molecule has 1 aromatic rings. The van der Waals surface area contributed by atoms with E-state index in [0.29, 0.717) is 13.1 Å². The summed E-state index contributed by atoms with van der Waals surface area (Å²) in [5.74, 6) is 0.0409. The van der Waals surface area contributed by atoms with E-state index >= 15 is 0 Å². The molecule has 3 N–H and O–H groups in total. The Labute approximate surface area is 93.5 Å². The highest BCUT2D eigenvalue weighted by Crippen LogP contribution is 2.27. The zero-order valence-corrected chi connectivity index (χ0v) is 9.68. The van der Waals surface area contributed by atoms with Crippen molar-refractivity contribution in [1.82, 2.24) is 13.9 Å². The van der Waals surface area contributed by atoms with Gasteiger partial charge in [-0.05, 0) is 0 Å². The molecule has 90 valence electrons. The standard InChI is InChI=1S/C8H14N4O3S/c1-11-5-10-7(9)8(11)16(14,15)12-2-6(3-12)4-13/h5-6,13H,2-4,9H2,1H3. The molecule has 1 aromatic heterocycles. The van der Waals surface area contributed by atoms with Crippen LogP contribution in [-0.4, -0.2) is 47.1 Å². The summed E-state index contributed by atoms with van der Waals surface area (Å²) < 4.78 is 26.8. The average Bonchev–Trinajstić information content (AvgIpc) is 2.44. The van der Waals surface area contributed by atoms with Crippen molar-refractivity contribution in [2.45, 2.75) is 5.03 Å². The second-order valence-electron chi connectivity index (χ2n) is 3.92. The largest absolute Gasteiger partial charge is 0.396 e. The van der Waals surface area contributed by atoms with Crippen molar-refractivity contribution in [2.24, 2.45) is 13.0 Å². The Morgan fingerprint density at radius 2 is 2.25 bits per heavy atom. The molecule has 16 heavy (non-hydrogen) atoms. The molecule has 1 fully saturated rings. The lowest BCUT2D eigenvalue weighted by atomic mass is 10.1. The van der Waals surface area contributed by atoms with E-state index in [2.05, 4.69) is 4.98 Å². The number of nitrogens with two attached hydrogens (primary N) is 1. The van der Waals surface area contributed by atoms with Crippen molar-refractivity contribution >= 4 is 15.8 Å². The maximum Gasteiger partial charge on any atom is 0.262 e. The van der Waals surface area contributed by atoms with E-state index in [4.69, 9.17) is 10.8 Å². The van der Waals surface area contributed by atoms with Crippen LogP contribution < -0.4 is 5.73 Å². The van der Waals surface area contributed by atoms with Gasteiger partial charge in [0, 0.05) is 32.7 Å². The summed E-state index contributed by atoms with van der Waals surface area (Å²) in [5.41, 5.74) is 5.52. The first-order valence-corrected chi connectivity index (χ1v) is 6.28. The molecule has 1 saturated heterocycles. The Hall–Kier alpha value is -1.12. The Kier molecular flexibility index (Phi) is 2.64. The van der Waals surface area contributed by atoms with Gasteiger partial charge in [-0.2, -0.15) is 4.31 Å². The molecule has 0 radical (unpaired) electrons. The number of aliphatic hydroxyl groups is 1. The summed E-state index contributed by atoms with van der Waals surface area (Å²) in [4.78, 5) is 3.75. The van der Waals surface area contributed by atoms with Gasteiger partial charge < -0.3 is 15.4 Å². The van der Waals surface area contributed by atoms with E-state index in [1.807, 2.05) is 0 Å². The summed E-state index contributed by atoms with van der Waals surface area (Å²) in [6, 6.07) is 0. The van der Waals surface area contributed by atoms with Crippen LogP contribution in [0.3, 0.4) is 0 Å². The first kappa shape index (κ1) is 11.4. The maximum atomic E-state index is 12.1. The highest BCUT2D eigenvalue weighted by atomic mass is 32.2. The number of aryl methyl sites for hydroxylation is 1. The van der Waals surface area contributed by atoms with Gasteiger partial charge in [0.25, 0.3) is 10.0 Å². The smallest absolute Gasteiger partial charge is 0.262 e. The van der Waals surface area contributed by atoms with Crippen LogP contribution in [0.2, 0.25) is 0 Å².